The highest BCUT2D eigenvalue weighted by Gasteiger charge is 2.58. The molecule has 0 N–H and O–H groups in total. The van der Waals surface area contributed by atoms with Crippen LogP contribution in [0.3, 0.4) is 0 Å². The van der Waals surface area contributed by atoms with Crippen molar-refractivity contribution >= 4 is 0 Å². The van der Waals surface area contributed by atoms with Crippen molar-refractivity contribution in [3.63, 3.8) is 0 Å². The normalized spacial score (nSPS) is 37.0. The van der Waals surface area contributed by atoms with Gasteiger partial charge in [-0.05, 0) is 33.4 Å². The lowest BCUT2D eigenvalue weighted by Crippen LogP contribution is -2.50. The van der Waals surface area contributed by atoms with Gasteiger partial charge in [-0.3, -0.25) is 0 Å². The molecule has 0 aromatic heterocycles. The maximum atomic E-state index is 4.33. The predicted molar refractivity (Wildman–Crippen MR) is 88.4 cm³/mol. The Morgan fingerprint density at radius 3 is 1.64 bits per heavy atom. The third-order valence-electron chi connectivity index (χ3n) is 6.32. The molecule has 0 bridgehead atoms. The van der Waals surface area contributed by atoms with Crippen molar-refractivity contribution in [2.24, 2.45) is 21.1 Å². The van der Waals surface area contributed by atoms with Crippen molar-refractivity contribution < 1.29 is 0 Å². The van der Waals surface area contributed by atoms with Crippen LogP contribution in [-0.2, 0) is 0 Å². The van der Waals surface area contributed by atoms with Crippen LogP contribution in [0.4, 0.5) is 0 Å². The number of azo groups is 1. The van der Waals surface area contributed by atoms with Gasteiger partial charge in [0.2, 0.25) is 0 Å². The van der Waals surface area contributed by atoms with Gasteiger partial charge in [-0.15, -0.1) is 0 Å². The summed E-state index contributed by atoms with van der Waals surface area (Å²) in [6.45, 7) is 6.25. The molecule has 1 aliphatic heterocycles. The second kappa shape index (κ2) is 3.75. The molecule has 2 nitrogen and oxygen atoms in total. The van der Waals surface area contributed by atoms with Crippen LogP contribution < -0.4 is 0 Å². The molecule has 0 saturated heterocycles. The summed E-state index contributed by atoms with van der Waals surface area (Å²) in [5.41, 5.74) is 8.48. The molecule has 2 atom stereocenters. The number of hydrogen-bond acceptors (Lipinski definition) is 2. The van der Waals surface area contributed by atoms with Crippen molar-refractivity contribution in [2.45, 2.75) is 13.8 Å². The molecule has 22 heavy (non-hydrogen) atoms. The van der Waals surface area contributed by atoms with Crippen molar-refractivity contribution in [3.05, 3.63) is 82.0 Å². The Morgan fingerprint density at radius 1 is 0.727 bits per heavy atom. The molecule has 0 spiro atoms. The predicted octanol–water partition coefficient (Wildman–Crippen LogP) is 4.63. The second-order valence-electron chi connectivity index (χ2n) is 6.93. The molecule has 0 saturated carbocycles. The Labute approximate surface area is 130 Å². The van der Waals surface area contributed by atoms with Crippen LogP contribution in [0.5, 0.6) is 0 Å². The summed E-state index contributed by atoms with van der Waals surface area (Å²) >= 11 is 0. The topological polar surface area (TPSA) is 24.7 Å². The average Bonchev–Trinajstić information content (AvgIpc) is 2.54. The molecule has 0 aromatic carbocycles. The molecule has 1 heterocycles. The van der Waals surface area contributed by atoms with E-state index in [0.29, 0.717) is 13.1 Å². The number of allylic oxidation sites excluding steroid dienone is 10. The number of fused-ring (bicyclic) bond motifs is 2. The van der Waals surface area contributed by atoms with E-state index in [1.54, 1.807) is 0 Å². The fourth-order valence-corrected chi connectivity index (χ4v) is 4.95. The molecular formula is C20H18N2. The quantitative estimate of drug-likeness (QED) is 0.620. The summed E-state index contributed by atoms with van der Waals surface area (Å²) in [6, 6.07) is 0. The Kier molecular flexibility index (Phi) is 2.10. The van der Waals surface area contributed by atoms with Crippen LogP contribution in [0, 0.1) is 10.8 Å². The van der Waals surface area contributed by atoms with Gasteiger partial charge in [-0.1, -0.05) is 62.5 Å². The van der Waals surface area contributed by atoms with Crippen molar-refractivity contribution in [2.75, 3.05) is 13.1 Å². The van der Waals surface area contributed by atoms with Crippen LogP contribution in [0.1, 0.15) is 13.8 Å². The van der Waals surface area contributed by atoms with Gasteiger partial charge in [0.1, 0.15) is 0 Å². The van der Waals surface area contributed by atoms with E-state index >= 15 is 0 Å². The van der Waals surface area contributed by atoms with Crippen molar-refractivity contribution in [1.82, 2.24) is 0 Å². The standard InChI is InChI=1S/C20H18N2/c1-19-13-5-3-7-17(19)15-11-21-22-12-16(15)18-8-4-6-14(10-9-13)20(18,19)2/h3-10H,11-12H2,1-2H3/t19-,20-/m1/s1. The van der Waals surface area contributed by atoms with E-state index in [1.165, 1.54) is 33.4 Å². The first-order valence-electron chi connectivity index (χ1n) is 7.94. The molecule has 5 aliphatic rings. The van der Waals surface area contributed by atoms with Gasteiger partial charge < -0.3 is 0 Å². The Morgan fingerprint density at radius 2 is 1.18 bits per heavy atom. The zero-order chi connectivity index (χ0) is 14.9. The zero-order valence-corrected chi connectivity index (χ0v) is 12.9. The van der Waals surface area contributed by atoms with E-state index in [-0.39, 0.29) is 10.8 Å². The third kappa shape index (κ3) is 1.12. The first-order chi connectivity index (χ1) is 10.7. The minimum Gasteiger partial charge on any atom is -0.189 e. The minimum absolute atomic E-state index is 0.00583. The van der Waals surface area contributed by atoms with Gasteiger partial charge in [0.25, 0.3) is 0 Å². The highest BCUT2D eigenvalue weighted by atomic mass is 15.1. The summed E-state index contributed by atoms with van der Waals surface area (Å²) in [5.74, 6) is 0. The zero-order valence-electron chi connectivity index (χ0n) is 12.9. The van der Waals surface area contributed by atoms with Gasteiger partial charge in [-0.2, -0.15) is 10.2 Å². The molecule has 2 heteroatoms. The first kappa shape index (κ1) is 12.3. The number of rotatable bonds is 0. The highest BCUT2D eigenvalue weighted by molar-refractivity contribution is 5.72. The summed E-state index contributed by atoms with van der Waals surface area (Å²) in [5, 5.41) is 8.66. The molecule has 5 rings (SSSR count). The van der Waals surface area contributed by atoms with Crippen molar-refractivity contribution in [3.8, 4) is 0 Å². The third-order valence-corrected chi connectivity index (χ3v) is 6.32. The Balaban J connectivity index is 1.94. The second-order valence-corrected chi connectivity index (χ2v) is 6.93. The molecule has 0 fully saturated rings. The molecule has 4 aliphatic carbocycles. The highest BCUT2D eigenvalue weighted by Crippen LogP contribution is 2.67. The monoisotopic (exact) mass is 286 g/mol. The van der Waals surface area contributed by atoms with Gasteiger partial charge in [0.15, 0.2) is 0 Å². The number of nitrogens with zero attached hydrogens (tertiary/aromatic N) is 2. The van der Waals surface area contributed by atoms with E-state index in [9.17, 15) is 0 Å². The van der Waals surface area contributed by atoms with E-state index in [4.69, 9.17) is 0 Å². The summed E-state index contributed by atoms with van der Waals surface area (Å²) in [6.07, 6.45) is 18.1. The lowest BCUT2D eigenvalue weighted by atomic mass is 9.44. The van der Waals surface area contributed by atoms with Gasteiger partial charge in [-0.25, -0.2) is 0 Å². The smallest absolute Gasteiger partial charge is 0.0855 e. The maximum Gasteiger partial charge on any atom is 0.0855 e. The number of hydrogen-bond donors (Lipinski definition) is 0. The SMILES string of the molecule is C[C@@]12C3=CC=C4C=CC=C(C5=C(CN=NC5)C1=CC=C3)[C@@]42C. The van der Waals surface area contributed by atoms with Gasteiger partial charge >= 0.3 is 0 Å². The largest absolute Gasteiger partial charge is 0.189 e. The molecule has 0 radical (unpaired) electrons. The Bertz CT molecular complexity index is 784. The first-order valence-corrected chi connectivity index (χ1v) is 7.94. The minimum atomic E-state index is -0.00583. The van der Waals surface area contributed by atoms with Gasteiger partial charge in [0.05, 0.1) is 13.1 Å². The summed E-state index contributed by atoms with van der Waals surface area (Å²) in [4.78, 5) is 0. The summed E-state index contributed by atoms with van der Waals surface area (Å²) in [7, 11) is 0. The fourth-order valence-electron chi connectivity index (χ4n) is 4.95. The van der Waals surface area contributed by atoms with Crippen LogP contribution in [-0.4, -0.2) is 13.1 Å². The maximum absolute atomic E-state index is 4.33. The van der Waals surface area contributed by atoms with Gasteiger partial charge in [0, 0.05) is 10.8 Å². The fraction of sp³-hybridized carbons (Fsp3) is 0.300. The van der Waals surface area contributed by atoms with Crippen LogP contribution in [0.2, 0.25) is 0 Å². The molecule has 0 aromatic rings. The van der Waals surface area contributed by atoms with E-state index < -0.39 is 0 Å². The molecule has 0 unspecified atom stereocenters. The molecule has 108 valence electrons. The van der Waals surface area contributed by atoms with E-state index in [2.05, 4.69) is 72.7 Å². The van der Waals surface area contributed by atoms with Crippen LogP contribution >= 0.6 is 0 Å². The molecular weight excluding hydrogens is 268 g/mol. The lowest BCUT2D eigenvalue weighted by Gasteiger charge is -2.58. The Hall–Kier alpha value is -2.22. The van der Waals surface area contributed by atoms with Crippen LogP contribution in [0.25, 0.3) is 0 Å². The van der Waals surface area contributed by atoms with E-state index in [1.807, 2.05) is 0 Å². The molecule has 0 amide bonds. The lowest BCUT2D eigenvalue weighted by molar-refractivity contribution is 0.240. The van der Waals surface area contributed by atoms with E-state index in [0.717, 1.165) is 0 Å². The average molecular weight is 286 g/mol. The van der Waals surface area contributed by atoms with Crippen molar-refractivity contribution in [1.29, 1.82) is 0 Å². The summed E-state index contributed by atoms with van der Waals surface area (Å²) < 4.78 is 0. The van der Waals surface area contributed by atoms with Crippen LogP contribution in [0.15, 0.2) is 92.3 Å².